The summed E-state index contributed by atoms with van der Waals surface area (Å²) in [6.07, 6.45) is 5.56. The molecule has 0 radical (unpaired) electrons. The number of hydrogen-bond donors (Lipinski definition) is 1. The number of carbonyl (C=O) groups excluding carboxylic acids is 2. The van der Waals surface area contributed by atoms with Crippen LogP contribution >= 0.6 is 23.4 Å². The Morgan fingerprint density at radius 3 is 2.43 bits per heavy atom. The van der Waals surface area contributed by atoms with E-state index >= 15 is 0 Å². The number of nitrogens with zero attached hydrogens (tertiary/aromatic N) is 1. The molecule has 0 saturated heterocycles. The highest BCUT2D eigenvalue weighted by Gasteiger charge is 2.28. The van der Waals surface area contributed by atoms with E-state index in [1.54, 1.807) is 11.8 Å². The minimum absolute atomic E-state index is 0.0740. The standard InChI is InChI=1S/C24H29ClN2O2S/c1-18(24(29)26-20-11-4-2-5-12-20)27(16-19-10-8-9-15-22(19)25)23(28)17-30-21-13-6-3-7-14-21/h3,6-10,13-15,18,20H,2,4-5,11-12,16-17H2,1H3,(H,26,29)/t18-/m0/s1. The molecule has 160 valence electrons. The number of halogens is 1. The molecule has 1 fully saturated rings. The Bertz CT molecular complexity index is 840. The first-order chi connectivity index (χ1) is 14.5. The van der Waals surface area contributed by atoms with Crippen molar-refractivity contribution in [3.8, 4) is 0 Å². The Balaban J connectivity index is 1.71. The van der Waals surface area contributed by atoms with Crippen LogP contribution in [0.15, 0.2) is 59.5 Å². The van der Waals surface area contributed by atoms with Gasteiger partial charge in [-0.3, -0.25) is 9.59 Å². The highest BCUT2D eigenvalue weighted by molar-refractivity contribution is 8.00. The van der Waals surface area contributed by atoms with E-state index in [9.17, 15) is 9.59 Å². The molecule has 2 aromatic rings. The first kappa shape index (κ1) is 22.7. The Kier molecular flexibility index (Phi) is 8.64. The topological polar surface area (TPSA) is 49.4 Å². The minimum atomic E-state index is -0.563. The first-order valence-electron chi connectivity index (χ1n) is 10.6. The molecule has 1 atom stereocenters. The number of nitrogens with one attached hydrogen (secondary N) is 1. The number of amides is 2. The van der Waals surface area contributed by atoms with Gasteiger partial charge in [-0.15, -0.1) is 11.8 Å². The van der Waals surface area contributed by atoms with E-state index in [1.165, 1.54) is 18.2 Å². The molecule has 4 nitrogen and oxygen atoms in total. The summed E-state index contributed by atoms with van der Waals surface area (Å²) in [5.74, 6) is 0.109. The molecule has 0 bridgehead atoms. The molecule has 2 amide bonds. The molecule has 3 rings (SSSR count). The number of thioether (sulfide) groups is 1. The molecule has 1 aliphatic carbocycles. The number of rotatable bonds is 8. The third-order valence-corrected chi connectivity index (χ3v) is 6.89. The van der Waals surface area contributed by atoms with Crippen molar-refractivity contribution in [3.63, 3.8) is 0 Å². The maximum atomic E-state index is 13.2. The van der Waals surface area contributed by atoms with Crippen molar-refractivity contribution >= 4 is 35.2 Å². The summed E-state index contributed by atoms with van der Waals surface area (Å²) in [5.41, 5.74) is 0.842. The summed E-state index contributed by atoms with van der Waals surface area (Å²) in [5, 5.41) is 3.76. The van der Waals surface area contributed by atoms with Crippen LogP contribution in [0.3, 0.4) is 0 Å². The largest absolute Gasteiger partial charge is 0.352 e. The summed E-state index contributed by atoms with van der Waals surface area (Å²) in [4.78, 5) is 28.8. The fourth-order valence-corrected chi connectivity index (χ4v) is 4.71. The van der Waals surface area contributed by atoms with E-state index < -0.39 is 6.04 Å². The van der Waals surface area contributed by atoms with Gasteiger partial charge in [-0.1, -0.05) is 67.3 Å². The summed E-state index contributed by atoms with van der Waals surface area (Å²) >= 11 is 7.82. The van der Waals surface area contributed by atoms with Gasteiger partial charge in [0.2, 0.25) is 11.8 Å². The molecule has 0 spiro atoms. The van der Waals surface area contributed by atoms with Gasteiger partial charge in [0.25, 0.3) is 0 Å². The summed E-state index contributed by atoms with van der Waals surface area (Å²) in [7, 11) is 0. The lowest BCUT2D eigenvalue weighted by atomic mass is 9.95. The van der Waals surface area contributed by atoms with Crippen LogP contribution in [0.4, 0.5) is 0 Å². The van der Waals surface area contributed by atoms with Crippen molar-refractivity contribution in [2.24, 2.45) is 0 Å². The molecule has 30 heavy (non-hydrogen) atoms. The molecule has 0 aromatic heterocycles. The average Bonchev–Trinajstić information content (AvgIpc) is 2.78. The van der Waals surface area contributed by atoms with Crippen LogP contribution in [0.1, 0.15) is 44.6 Å². The molecule has 1 saturated carbocycles. The van der Waals surface area contributed by atoms with Crippen molar-refractivity contribution in [1.82, 2.24) is 10.2 Å². The highest BCUT2D eigenvalue weighted by Crippen LogP contribution is 2.23. The SMILES string of the molecule is C[C@@H](C(=O)NC1CCCCC1)N(Cc1ccccc1Cl)C(=O)CSc1ccccc1. The molecule has 6 heteroatoms. The molecule has 1 N–H and O–H groups in total. The van der Waals surface area contributed by atoms with Gasteiger partial charge in [0, 0.05) is 22.5 Å². The molecule has 2 aromatic carbocycles. The maximum Gasteiger partial charge on any atom is 0.242 e. The van der Waals surface area contributed by atoms with Crippen LogP contribution in [0, 0.1) is 0 Å². The molecule has 1 aliphatic rings. The van der Waals surface area contributed by atoms with E-state index in [2.05, 4.69) is 5.32 Å². The van der Waals surface area contributed by atoms with Crippen molar-refractivity contribution in [1.29, 1.82) is 0 Å². The summed E-state index contributed by atoms with van der Waals surface area (Å²) < 4.78 is 0. The van der Waals surface area contributed by atoms with Gasteiger partial charge < -0.3 is 10.2 Å². The monoisotopic (exact) mass is 444 g/mol. The third kappa shape index (κ3) is 6.51. The van der Waals surface area contributed by atoms with Gasteiger partial charge in [-0.05, 0) is 43.5 Å². The Labute approximate surface area is 188 Å². The second kappa shape index (κ2) is 11.4. The van der Waals surface area contributed by atoms with Gasteiger partial charge in [-0.25, -0.2) is 0 Å². The quantitative estimate of drug-likeness (QED) is 0.562. The Morgan fingerprint density at radius 1 is 1.07 bits per heavy atom. The van der Waals surface area contributed by atoms with Crippen LogP contribution in [-0.2, 0) is 16.1 Å². The molecular weight excluding hydrogens is 416 g/mol. The maximum absolute atomic E-state index is 13.2. The number of hydrogen-bond acceptors (Lipinski definition) is 3. The number of carbonyl (C=O) groups is 2. The van der Waals surface area contributed by atoms with E-state index in [0.717, 1.165) is 36.1 Å². The highest BCUT2D eigenvalue weighted by atomic mass is 35.5. The van der Waals surface area contributed by atoms with Gasteiger partial charge >= 0.3 is 0 Å². The second-order valence-corrected chi connectivity index (χ2v) is 9.19. The van der Waals surface area contributed by atoms with Crippen LogP contribution in [-0.4, -0.2) is 34.6 Å². The minimum Gasteiger partial charge on any atom is -0.352 e. The third-order valence-electron chi connectivity index (χ3n) is 5.52. The Morgan fingerprint density at radius 2 is 1.73 bits per heavy atom. The van der Waals surface area contributed by atoms with Gasteiger partial charge in [-0.2, -0.15) is 0 Å². The lowest BCUT2D eigenvalue weighted by Gasteiger charge is -2.31. The van der Waals surface area contributed by atoms with E-state index in [0.29, 0.717) is 11.6 Å². The van der Waals surface area contributed by atoms with Gasteiger partial charge in [0.05, 0.1) is 5.75 Å². The second-order valence-electron chi connectivity index (χ2n) is 7.73. The molecular formula is C24H29ClN2O2S. The van der Waals surface area contributed by atoms with Crippen LogP contribution < -0.4 is 5.32 Å². The van der Waals surface area contributed by atoms with E-state index in [-0.39, 0.29) is 23.6 Å². The number of benzene rings is 2. The molecule has 0 heterocycles. The lowest BCUT2D eigenvalue weighted by Crippen LogP contribution is -2.50. The lowest BCUT2D eigenvalue weighted by molar-refractivity contribution is -0.139. The zero-order chi connectivity index (χ0) is 21.3. The predicted octanol–water partition coefficient (Wildman–Crippen LogP) is 5.30. The normalized spacial score (nSPS) is 15.4. The molecule has 0 unspecified atom stereocenters. The van der Waals surface area contributed by atoms with Gasteiger partial charge in [0.15, 0.2) is 0 Å². The summed E-state index contributed by atoms with van der Waals surface area (Å²) in [6.45, 7) is 2.12. The van der Waals surface area contributed by atoms with Crippen molar-refractivity contribution in [3.05, 3.63) is 65.2 Å². The first-order valence-corrected chi connectivity index (χ1v) is 11.9. The summed E-state index contributed by atoms with van der Waals surface area (Å²) in [6, 6.07) is 16.9. The van der Waals surface area contributed by atoms with E-state index in [1.807, 2.05) is 54.6 Å². The van der Waals surface area contributed by atoms with Crippen molar-refractivity contribution < 1.29 is 9.59 Å². The zero-order valence-corrected chi connectivity index (χ0v) is 18.9. The predicted molar refractivity (Wildman–Crippen MR) is 124 cm³/mol. The fraction of sp³-hybridized carbons (Fsp3) is 0.417. The fourth-order valence-electron chi connectivity index (χ4n) is 3.71. The zero-order valence-electron chi connectivity index (χ0n) is 17.4. The van der Waals surface area contributed by atoms with Crippen LogP contribution in [0.2, 0.25) is 5.02 Å². The van der Waals surface area contributed by atoms with E-state index in [4.69, 9.17) is 11.6 Å². The van der Waals surface area contributed by atoms with Crippen molar-refractivity contribution in [2.45, 2.75) is 62.6 Å². The van der Waals surface area contributed by atoms with Crippen LogP contribution in [0.25, 0.3) is 0 Å². The average molecular weight is 445 g/mol. The van der Waals surface area contributed by atoms with Gasteiger partial charge in [0.1, 0.15) is 6.04 Å². The van der Waals surface area contributed by atoms with Crippen LogP contribution in [0.5, 0.6) is 0 Å². The smallest absolute Gasteiger partial charge is 0.242 e. The molecule has 0 aliphatic heterocycles. The Hall–Kier alpha value is -1.98. The van der Waals surface area contributed by atoms with Crippen molar-refractivity contribution in [2.75, 3.05) is 5.75 Å².